The van der Waals surface area contributed by atoms with Crippen molar-refractivity contribution in [1.82, 2.24) is 4.98 Å². The normalized spacial score (nSPS) is 10.0. The standard InChI is InChI=1S/C7H4F3NO/c1-3(12)7-6(10)5(9)4(8)2-11-7/h2H,1H3. The molecule has 0 saturated heterocycles. The molecule has 12 heavy (non-hydrogen) atoms. The topological polar surface area (TPSA) is 30.0 Å². The van der Waals surface area contributed by atoms with Gasteiger partial charge in [-0.05, 0) is 0 Å². The summed E-state index contributed by atoms with van der Waals surface area (Å²) in [6.07, 6.45) is 0.467. The van der Waals surface area contributed by atoms with Crippen molar-refractivity contribution in [2.75, 3.05) is 0 Å². The summed E-state index contributed by atoms with van der Waals surface area (Å²) in [5.41, 5.74) is -0.686. The average Bonchev–Trinajstić information content (AvgIpc) is 2.00. The van der Waals surface area contributed by atoms with Crippen molar-refractivity contribution < 1.29 is 18.0 Å². The molecular formula is C7H4F3NO. The zero-order chi connectivity index (χ0) is 9.30. The van der Waals surface area contributed by atoms with E-state index >= 15 is 0 Å². The largest absolute Gasteiger partial charge is 0.293 e. The monoisotopic (exact) mass is 175 g/mol. The third-order valence-corrected chi connectivity index (χ3v) is 1.25. The van der Waals surface area contributed by atoms with E-state index in [2.05, 4.69) is 4.98 Å². The van der Waals surface area contributed by atoms with Gasteiger partial charge in [0, 0.05) is 6.92 Å². The average molecular weight is 175 g/mol. The van der Waals surface area contributed by atoms with Gasteiger partial charge in [-0.15, -0.1) is 0 Å². The Kier molecular flexibility index (Phi) is 2.12. The molecule has 5 heteroatoms. The van der Waals surface area contributed by atoms with E-state index in [1.807, 2.05) is 0 Å². The number of carbonyl (C=O) groups is 1. The Hall–Kier alpha value is -1.39. The molecule has 0 N–H and O–H groups in total. The Morgan fingerprint density at radius 2 is 1.92 bits per heavy atom. The quantitative estimate of drug-likeness (QED) is 0.608. The van der Waals surface area contributed by atoms with E-state index in [1.54, 1.807) is 0 Å². The molecule has 0 aliphatic heterocycles. The van der Waals surface area contributed by atoms with Gasteiger partial charge < -0.3 is 0 Å². The van der Waals surface area contributed by atoms with Gasteiger partial charge in [-0.3, -0.25) is 4.79 Å². The lowest BCUT2D eigenvalue weighted by atomic mass is 10.2. The highest BCUT2D eigenvalue weighted by molar-refractivity contribution is 5.92. The van der Waals surface area contributed by atoms with Crippen molar-refractivity contribution in [1.29, 1.82) is 0 Å². The van der Waals surface area contributed by atoms with E-state index in [-0.39, 0.29) is 0 Å². The lowest BCUT2D eigenvalue weighted by molar-refractivity contribution is 0.100. The third kappa shape index (κ3) is 1.30. The van der Waals surface area contributed by atoms with Crippen LogP contribution in [0.5, 0.6) is 0 Å². The number of aromatic nitrogens is 1. The van der Waals surface area contributed by atoms with Crippen molar-refractivity contribution in [3.63, 3.8) is 0 Å². The summed E-state index contributed by atoms with van der Waals surface area (Å²) in [5.74, 6) is -5.36. The number of pyridine rings is 1. The van der Waals surface area contributed by atoms with Crippen LogP contribution in [-0.2, 0) is 0 Å². The summed E-state index contributed by atoms with van der Waals surface area (Å²) >= 11 is 0. The van der Waals surface area contributed by atoms with Crippen LogP contribution in [0.25, 0.3) is 0 Å². The fraction of sp³-hybridized carbons (Fsp3) is 0.143. The van der Waals surface area contributed by atoms with E-state index in [1.165, 1.54) is 0 Å². The zero-order valence-electron chi connectivity index (χ0n) is 6.07. The predicted molar refractivity (Wildman–Crippen MR) is 34.1 cm³/mol. The summed E-state index contributed by atoms with van der Waals surface area (Å²) in [6.45, 7) is 1.02. The minimum atomic E-state index is -1.67. The summed E-state index contributed by atoms with van der Waals surface area (Å²) in [6, 6.07) is 0. The van der Waals surface area contributed by atoms with Crippen molar-refractivity contribution in [2.45, 2.75) is 6.92 Å². The molecule has 0 spiro atoms. The van der Waals surface area contributed by atoms with E-state index in [0.717, 1.165) is 6.92 Å². The highest BCUT2D eigenvalue weighted by atomic mass is 19.2. The number of halogens is 3. The van der Waals surface area contributed by atoms with Crippen LogP contribution in [0.3, 0.4) is 0 Å². The van der Waals surface area contributed by atoms with E-state index in [4.69, 9.17) is 0 Å². The maximum absolute atomic E-state index is 12.6. The highest BCUT2D eigenvalue weighted by Gasteiger charge is 2.17. The maximum atomic E-state index is 12.6. The minimum Gasteiger partial charge on any atom is -0.293 e. The molecule has 0 aromatic carbocycles. The molecule has 0 saturated carbocycles. The number of ketones is 1. The van der Waals surface area contributed by atoms with Gasteiger partial charge in [0.2, 0.25) is 0 Å². The smallest absolute Gasteiger partial charge is 0.198 e. The first-order chi connectivity index (χ1) is 5.54. The molecule has 0 aliphatic rings. The molecule has 0 amide bonds. The number of hydrogen-bond acceptors (Lipinski definition) is 2. The lowest BCUT2D eigenvalue weighted by Gasteiger charge is -1.98. The van der Waals surface area contributed by atoms with Crippen molar-refractivity contribution >= 4 is 5.78 Å². The summed E-state index contributed by atoms with van der Waals surface area (Å²) in [4.78, 5) is 13.6. The molecule has 1 rings (SSSR count). The molecule has 2 nitrogen and oxygen atoms in total. The van der Waals surface area contributed by atoms with Crippen LogP contribution in [0, 0.1) is 17.5 Å². The van der Waals surface area contributed by atoms with Crippen LogP contribution in [0.2, 0.25) is 0 Å². The van der Waals surface area contributed by atoms with Crippen LogP contribution >= 0.6 is 0 Å². The minimum absolute atomic E-state index is 0.467. The van der Waals surface area contributed by atoms with Crippen LogP contribution in [0.4, 0.5) is 13.2 Å². The van der Waals surface area contributed by atoms with E-state index in [9.17, 15) is 18.0 Å². The lowest BCUT2D eigenvalue weighted by Crippen LogP contribution is -2.05. The van der Waals surface area contributed by atoms with Gasteiger partial charge in [-0.25, -0.2) is 18.2 Å². The molecule has 1 aromatic heterocycles. The van der Waals surface area contributed by atoms with Crippen LogP contribution in [0.1, 0.15) is 17.4 Å². The fourth-order valence-electron chi connectivity index (χ4n) is 0.689. The van der Waals surface area contributed by atoms with Gasteiger partial charge in [0.25, 0.3) is 0 Å². The Labute approximate surface area is 66.0 Å². The molecule has 64 valence electrons. The van der Waals surface area contributed by atoms with Crippen molar-refractivity contribution in [3.05, 3.63) is 29.3 Å². The maximum Gasteiger partial charge on any atom is 0.198 e. The van der Waals surface area contributed by atoms with Gasteiger partial charge in [-0.2, -0.15) is 0 Å². The third-order valence-electron chi connectivity index (χ3n) is 1.25. The Morgan fingerprint density at radius 3 is 2.42 bits per heavy atom. The molecule has 0 fully saturated rings. The summed E-state index contributed by atoms with van der Waals surface area (Å²) in [7, 11) is 0. The first-order valence-corrected chi connectivity index (χ1v) is 3.04. The SMILES string of the molecule is CC(=O)c1ncc(F)c(F)c1F. The van der Waals surface area contributed by atoms with Crippen LogP contribution < -0.4 is 0 Å². The van der Waals surface area contributed by atoms with Gasteiger partial charge in [0.05, 0.1) is 6.20 Å². The number of hydrogen-bond donors (Lipinski definition) is 0. The van der Waals surface area contributed by atoms with Crippen LogP contribution in [0.15, 0.2) is 6.20 Å². The second-order valence-electron chi connectivity index (χ2n) is 2.14. The first kappa shape index (κ1) is 8.70. The fourth-order valence-corrected chi connectivity index (χ4v) is 0.689. The first-order valence-electron chi connectivity index (χ1n) is 3.04. The zero-order valence-corrected chi connectivity index (χ0v) is 6.07. The van der Waals surface area contributed by atoms with E-state index < -0.39 is 28.9 Å². The second-order valence-corrected chi connectivity index (χ2v) is 2.14. The van der Waals surface area contributed by atoms with Crippen molar-refractivity contribution in [3.8, 4) is 0 Å². The number of Topliss-reactive ketones (excluding diaryl/α,β-unsaturated/α-hetero) is 1. The summed E-state index contributed by atoms with van der Waals surface area (Å²) < 4.78 is 37.3. The Morgan fingerprint density at radius 1 is 1.33 bits per heavy atom. The number of carbonyl (C=O) groups excluding carboxylic acids is 1. The molecule has 0 aliphatic carbocycles. The van der Waals surface area contributed by atoms with Crippen LogP contribution in [-0.4, -0.2) is 10.8 Å². The Balaban J connectivity index is 3.36. The number of nitrogens with zero attached hydrogens (tertiary/aromatic N) is 1. The molecule has 0 atom stereocenters. The Bertz CT molecular complexity index is 338. The predicted octanol–water partition coefficient (Wildman–Crippen LogP) is 1.70. The number of rotatable bonds is 1. The molecule has 1 heterocycles. The molecular weight excluding hydrogens is 171 g/mol. The van der Waals surface area contributed by atoms with Crippen molar-refractivity contribution in [2.24, 2.45) is 0 Å². The van der Waals surface area contributed by atoms with Gasteiger partial charge in [0.1, 0.15) is 5.69 Å². The van der Waals surface area contributed by atoms with Gasteiger partial charge >= 0.3 is 0 Å². The molecule has 1 aromatic rings. The molecule has 0 radical (unpaired) electrons. The molecule has 0 bridgehead atoms. The highest BCUT2D eigenvalue weighted by Crippen LogP contribution is 2.12. The summed E-state index contributed by atoms with van der Waals surface area (Å²) in [5, 5.41) is 0. The van der Waals surface area contributed by atoms with Gasteiger partial charge in [-0.1, -0.05) is 0 Å². The second kappa shape index (κ2) is 2.92. The van der Waals surface area contributed by atoms with Gasteiger partial charge in [0.15, 0.2) is 23.2 Å². The van der Waals surface area contributed by atoms with E-state index in [0.29, 0.717) is 6.20 Å². The molecule has 0 unspecified atom stereocenters.